The minimum atomic E-state index is -4.91. The Morgan fingerprint density at radius 2 is 1.81 bits per heavy atom. The second kappa shape index (κ2) is 8.73. The molecule has 3 amide bonds. The smallest absolute Gasteiger partial charge is 0.416 e. The Morgan fingerprint density at radius 1 is 1.05 bits per heavy atom. The first-order valence-corrected chi connectivity index (χ1v) is 10.9. The number of fused-ring (bicyclic) bond motifs is 3. The molecule has 7 nitrogen and oxygen atoms in total. The van der Waals surface area contributed by atoms with Crippen LogP contribution in [-0.2, 0) is 17.5 Å². The molecule has 37 heavy (non-hydrogen) atoms. The van der Waals surface area contributed by atoms with Crippen LogP contribution in [0.1, 0.15) is 49.0 Å². The van der Waals surface area contributed by atoms with Crippen molar-refractivity contribution < 1.29 is 41.1 Å². The number of carbonyl (C=O) groups is 3. The summed E-state index contributed by atoms with van der Waals surface area (Å²) in [6.45, 7) is -0.284. The summed E-state index contributed by atoms with van der Waals surface area (Å²) in [7, 11) is 0. The van der Waals surface area contributed by atoms with Crippen molar-refractivity contribution in [2.75, 3.05) is 10.6 Å². The van der Waals surface area contributed by atoms with E-state index in [4.69, 9.17) is 16.3 Å². The third kappa shape index (κ3) is 4.44. The SMILES string of the molecule is O=C1Nc2c(cc(NC(=O)c3cc(F)cc(C(F)(F)F)c3)c3c2C(=O)NC3c2cc(F)ccc2Cl)CO1. The van der Waals surface area contributed by atoms with Crippen LogP contribution in [-0.4, -0.2) is 17.9 Å². The first kappa shape index (κ1) is 24.5. The van der Waals surface area contributed by atoms with Crippen LogP contribution in [0.3, 0.4) is 0 Å². The van der Waals surface area contributed by atoms with Crippen molar-refractivity contribution in [3.05, 3.63) is 92.5 Å². The van der Waals surface area contributed by atoms with Crippen molar-refractivity contribution in [3.63, 3.8) is 0 Å². The standard InChI is InChI=1S/C24H13ClF5N3O4/c25-15-2-1-12(26)7-14(15)20-17-16(5-10-8-37-23(36)33-19(10)18(17)22(35)32-20)31-21(34)9-3-11(24(28,29)30)6-13(27)4-9/h1-7,20H,8H2,(H,31,34)(H,32,35)(H,33,36). The summed E-state index contributed by atoms with van der Waals surface area (Å²) < 4.78 is 72.4. The van der Waals surface area contributed by atoms with Gasteiger partial charge in [0.2, 0.25) is 0 Å². The van der Waals surface area contributed by atoms with Crippen LogP contribution < -0.4 is 16.0 Å². The molecule has 0 aliphatic carbocycles. The third-order valence-corrected chi connectivity index (χ3v) is 6.17. The Bertz CT molecular complexity index is 1510. The fraction of sp³-hybridized carbons (Fsp3) is 0.125. The van der Waals surface area contributed by atoms with Gasteiger partial charge in [0, 0.05) is 33.0 Å². The number of benzene rings is 3. The van der Waals surface area contributed by atoms with Crippen LogP contribution >= 0.6 is 11.6 Å². The Kier molecular flexibility index (Phi) is 5.78. The van der Waals surface area contributed by atoms with E-state index >= 15 is 0 Å². The van der Waals surface area contributed by atoms with Gasteiger partial charge >= 0.3 is 12.3 Å². The lowest BCUT2D eigenvalue weighted by Crippen LogP contribution is -2.24. The first-order valence-electron chi connectivity index (χ1n) is 10.5. The summed E-state index contributed by atoms with van der Waals surface area (Å²) in [4.78, 5) is 37.8. The minimum Gasteiger partial charge on any atom is -0.444 e. The van der Waals surface area contributed by atoms with Crippen LogP contribution in [0.25, 0.3) is 0 Å². The normalized spacial score (nSPS) is 16.3. The van der Waals surface area contributed by atoms with Crippen LogP contribution in [0, 0.1) is 11.6 Å². The summed E-state index contributed by atoms with van der Waals surface area (Å²) in [6, 6.07) is 5.00. The quantitative estimate of drug-likeness (QED) is 0.369. The molecule has 0 saturated carbocycles. The molecule has 0 aromatic heterocycles. The lowest BCUT2D eigenvalue weighted by molar-refractivity contribution is -0.137. The summed E-state index contributed by atoms with van der Waals surface area (Å²) in [5.74, 6) is -3.77. The van der Waals surface area contributed by atoms with E-state index in [1.165, 1.54) is 12.1 Å². The second-order valence-electron chi connectivity index (χ2n) is 8.20. The monoisotopic (exact) mass is 537 g/mol. The maximum absolute atomic E-state index is 14.1. The van der Waals surface area contributed by atoms with Gasteiger partial charge in [-0.05, 0) is 42.5 Å². The number of ether oxygens (including phenoxy) is 1. The molecule has 1 atom stereocenters. The van der Waals surface area contributed by atoms with E-state index < -0.39 is 52.9 Å². The van der Waals surface area contributed by atoms with Gasteiger partial charge in [-0.25, -0.2) is 13.6 Å². The molecule has 0 spiro atoms. The maximum atomic E-state index is 14.1. The number of carbonyl (C=O) groups excluding carboxylic acids is 3. The minimum absolute atomic E-state index is 0.0687. The highest BCUT2D eigenvalue weighted by Gasteiger charge is 2.39. The van der Waals surface area contributed by atoms with Crippen molar-refractivity contribution in [1.29, 1.82) is 0 Å². The molecule has 3 aromatic rings. The van der Waals surface area contributed by atoms with E-state index in [0.29, 0.717) is 12.1 Å². The predicted molar refractivity (Wildman–Crippen MR) is 120 cm³/mol. The maximum Gasteiger partial charge on any atom is 0.416 e. The Hall–Kier alpha value is -4.19. The predicted octanol–water partition coefficient (Wildman–Crippen LogP) is 5.78. The van der Waals surface area contributed by atoms with E-state index in [-0.39, 0.29) is 51.3 Å². The van der Waals surface area contributed by atoms with Gasteiger partial charge in [-0.1, -0.05) is 11.6 Å². The van der Waals surface area contributed by atoms with Gasteiger partial charge in [-0.3, -0.25) is 14.9 Å². The van der Waals surface area contributed by atoms with Gasteiger partial charge in [-0.2, -0.15) is 13.2 Å². The van der Waals surface area contributed by atoms with Crippen LogP contribution in [0.5, 0.6) is 0 Å². The van der Waals surface area contributed by atoms with E-state index in [1.807, 2.05) is 0 Å². The number of anilines is 2. The summed E-state index contributed by atoms with van der Waals surface area (Å²) in [6.07, 6.45) is -5.75. The molecule has 190 valence electrons. The Balaban J connectivity index is 1.65. The molecule has 13 heteroatoms. The molecular formula is C24H13ClF5N3O4. The van der Waals surface area contributed by atoms with Gasteiger partial charge in [0.15, 0.2) is 0 Å². The van der Waals surface area contributed by atoms with Crippen molar-refractivity contribution >= 4 is 40.9 Å². The Morgan fingerprint density at radius 3 is 2.54 bits per heavy atom. The average Bonchev–Trinajstić information content (AvgIpc) is 3.17. The lowest BCUT2D eigenvalue weighted by atomic mass is 9.92. The summed E-state index contributed by atoms with van der Waals surface area (Å²) in [5.41, 5.74) is -1.62. The highest BCUT2D eigenvalue weighted by Crippen LogP contribution is 2.45. The molecule has 2 heterocycles. The average molecular weight is 538 g/mol. The van der Waals surface area contributed by atoms with Gasteiger partial charge in [0.05, 0.1) is 22.9 Å². The molecular weight excluding hydrogens is 525 g/mol. The topological polar surface area (TPSA) is 96.5 Å². The zero-order chi connectivity index (χ0) is 26.6. The van der Waals surface area contributed by atoms with Crippen LogP contribution in [0.4, 0.5) is 38.1 Å². The molecule has 3 aromatic carbocycles. The van der Waals surface area contributed by atoms with Crippen LogP contribution in [0.15, 0.2) is 42.5 Å². The third-order valence-electron chi connectivity index (χ3n) is 5.83. The van der Waals surface area contributed by atoms with E-state index in [9.17, 15) is 36.3 Å². The van der Waals surface area contributed by atoms with Crippen molar-refractivity contribution in [2.45, 2.75) is 18.8 Å². The number of hydrogen-bond acceptors (Lipinski definition) is 4. The highest BCUT2D eigenvalue weighted by atomic mass is 35.5. The number of halogens is 6. The molecule has 2 aliphatic heterocycles. The van der Waals surface area contributed by atoms with Crippen LogP contribution in [0.2, 0.25) is 5.02 Å². The van der Waals surface area contributed by atoms with E-state index in [2.05, 4.69) is 16.0 Å². The van der Waals surface area contributed by atoms with Gasteiger partial charge < -0.3 is 15.4 Å². The van der Waals surface area contributed by atoms with Crippen molar-refractivity contribution in [1.82, 2.24) is 5.32 Å². The Labute approximate surface area is 209 Å². The van der Waals surface area contributed by atoms with Crippen molar-refractivity contribution in [2.24, 2.45) is 0 Å². The molecule has 0 radical (unpaired) electrons. The van der Waals surface area contributed by atoms with Gasteiger partial charge in [0.1, 0.15) is 18.2 Å². The number of nitrogens with one attached hydrogen (secondary N) is 3. The fourth-order valence-electron chi connectivity index (χ4n) is 4.25. The summed E-state index contributed by atoms with van der Waals surface area (Å²) in [5, 5.41) is 7.52. The van der Waals surface area contributed by atoms with Gasteiger partial charge in [-0.15, -0.1) is 0 Å². The molecule has 5 rings (SSSR count). The molecule has 0 saturated heterocycles. The van der Waals surface area contributed by atoms with E-state index in [0.717, 1.165) is 12.1 Å². The number of hydrogen-bond donors (Lipinski definition) is 3. The zero-order valence-electron chi connectivity index (χ0n) is 18.2. The number of amides is 3. The number of rotatable bonds is 3. The zero-order valence-corrected chi connectivity index (χ0v) is 19.0. The van der Waals surface area contributed by atoms with E-state index in [1.54, 1.807) is 0 Å². The molecule has 2 aliphatic rings. The molecule has 1 unspecified atom stereocenters. The molecule has 0 bridgehead atoms. The van der Waals surface area contributed by atoms with Crippen molar-refractivity contribution in [3.8, 4) is 0 Å². The fourth-order valence-corrected chi connectivity index (χ4v) is 4.48. The number of cyclic esters (lactones) is 1. The first-order chi connectivity index (χ1) is 17.4. The summed E-state index contributed by atoms with van der Waals surface area (Å²) >= 11 is 6.25. The number of alkyl halides is 3. The second-order valence-corrected chi connectivity index (χ2v) is 8.61. The van der Waals surface area contributed by atoms with Gasteiger partial charge in [0.25, 0.3) is 11.8 Å². The largest absolute Gasteiger partial charge is 0.444 e. The molecule has 3 N–H and O–H groups in total. The highest BCUT2D eigenvalue weighted by molar-refractivity contribution is 6.31. The molecule has 0 fully saturated rings. The lowest BCUT2D eigenvalue weighted by Gasteiger charge is -2.23.